The maximum absolute atomic E-state index is 13.0. The smallest absolute Gasteiger partial charge is 0.248 e. The van der Waals surface area contributed by atoms with Gasteiger partial charge in [0.15, 0.2) is 0 Å². The van der Waals surface area contributed by atoms with Crippen LogP contribution in [-0.4, -0.2) is 40.5 Å². The van der Waals surface area contributed by atoms with Crippen molar-refractivity contribution >= 4 is 5.91 Å². The van der Waals surface area contributed by atoms with Crippen LogP contribution >= 0.6 is 0 Å². The summed E-state index contributed by atoms with van der Waals surface area (Å²) >= 11 is 0. The van der Waals surface area contributed by atoms with Crippen LogP contribution in [0.4, 0.5) is 8.78 Å². The zero-order valence-electron chi connectivity index (χ0n) is 10.8. The Morgan fingerprint density at radius 2 is 1.67 bits per heavy atom. The van der Waals surface area contributed by atoms with E-state index in [-0.39, 0.29) is 24.7 Å². The van der Waals surface area contributed by atoms with Gasteiger partial charge in [-0.15, -0.1) is 0 Å². The Labute approximate surface area is 106 Å². The number of likely N-dealkylation sites (tertiary alicyclic amines) is 1. The largest absolute Gasteiger partial charge is 0.390 e. The molecule has 0 atom stereocenters. The molecule has 0 aromatic rings. The van der Waals surface area contributed by atoms with Gasteiger partial charge in [0.05, 0.1) is 5.60 Å². The molecular formula is C13H21F2NO2. The molecule has 1 N–H and O–H groups in total. The Balaban J connectivity index is 1.86. The topological polar surface area (TPSA) is 40.5 Å². The van der Waals surface area contributed by atoms with E-state index in [2.05, 4.69) is 0 Å². The third kappa shape index (κ3) is 3.19. The van der Waals surface area contributed by atoms with Crippen LogP contribution in [0.3, 0.4) is 0 Å². The van der Waals surface area contributed by atoms with Crippen molar-refractivity contribution in [2.24, 2.45) is 5.92 Å². The maximum atomic E-state index is 13.0. The molecule has 5 heteroatoms. The molecule has 1 heterocycles. The van der Waals surface area contributed by atoms with Gasteiger partial charge >= 0.3 is 0 Å². The molecule has 1 aliphatic carbocycles. The first kappa shape index (κ1) is 13.7. The fourth-order valence-corrected chi connectivity index (χ4v) is 2.75. The molecule has 0 unspecified atom stereocenters. The van der Waals surface area contributed by atoms with Crippen LogP contribution in [0.15, 0.2) is 0 Å². The van der Waals surface area contributed by atoms with Gasteiger partial charge in [-0.1, -0.05) is 0 Å². The number of aliphatic hydroxyl groups is 1. The summed E-state index contributed by atoms with van der Waals surface area (Å²) in [5.41, 5.74) is -0.684. The van der Waals surface area contributed by atoms with Crippen molar-refractivity contribution in [3.05, 3.63) is 0 Å². The zero-order chi connectivity index (χ0) is 13.4. The molecule has 0 bridgehead atoms. The van der Waals surface area contributed by atoms with E-state index in [0.717, 1.165) is 0 Å². The van der Waals surface area contributed by atoms with E-state index < -0.39 is 11.5 Å². The molecule has 0 aromatic carbocycles. The van der Waals surface area contributed by atoms with E-state index in [1.54, 1.807) is 11.8 Å². The van der Waals surface area contributed by atoms with Gasteiger partial charge in [-0.2, -0.15) is 0 Å². The van der Waals surface area contributed by atoms with Gasteiger partial charge in [-0.05, 0) is 32.6 Å². The fourth-order valence-electron chi connectivity index (χ4n) is 2.75. The minimum absolute atomic E-state index is 0.000926. The zero-order valence-corrected chi connectivity index (χ0v) is 10.8. The lowest BCUT2D eigenvalue weighted by Gasteiger charge is -2.38. The van der Waals surface area contributed by atoms with Crippen molar-refractivity contribution < 1.29 is 18.7 Å². The third-order valence-corrected chi connectivity index (χ3v) is 4.22. The van der Waals surface area contributed by atoms with Crippen LogP contribution in [-0.2, 0) is 4.79 Å². The molecule has 1 amide bonds. The third-order valence-electron chi connectivity index (χ3n) is 4.22. The minimum Gasteiger partial charge on any atom is -0.390 e. The second-order valence-electron chi connectivity index (χ2n) is 5.95. The van der Waals surface area contributed by atoms with Crippen molar-refractivity contribution in [1.29, 1.82) is 0 Å². The van der Waals surface area contributed by atoms with Crippen LogP contribution in [0.2, 0.25) is 0 Å². The van der Waals surface area contributed by atoms with Crippen LogP contribution < -0.4 is 0 Å². The number of halogens is 2. The molecule has 2 aliphatic rings. The second-order valence-corrected chi connectivity index (χ2v) is 5.95. The van der Waals surface area contributed by atoms with E-state index in [1.165, 1.54) is 0 Å². The SMILES string of the molecule is CC1(O)CCN(C(=O)C2CCC(F)(F)CC2)CC1. The van der Waals surface area contributed by atoms with Gasteiger partial charge < -0.3 is 10.0 Å². The van der Waals surface area contributed by atoms with Crippen molar-refractivity contribution in [2.75, 3.05) is 13.1 Å². The lowest BCUT2D eigenvalue weighted by molar-refractivity contribution is -0.143. The molecule has 0 radical (unpaired) electrons. The highest BCUT2D eigenvalue weighted by Crippen LogP contribution is 2.37. The quantitative estimate of drug-likeness (QED) is 0.786. The summed E-state index contributed by atoms with van der Waals surface area (Å²) < 4.78 is 26.1. The van der Waals surface area contributed by atoms with Crippen LogP contribution in [0, 0.1) is 5.92 Å². The lowest BCUT2D eigenvalue weighted by Crippen LogP contribution is -2.47. The molecule has 0 aromatic heterocycles. The summed E-state index contributed by atoms with van der Waals surface area (Å²) in [5, 5.41) is 9.82. The highest BCUT2D eigenvalue weighted by molar-refractivity contribution is 5.79. The Hall–Kier alpha value is -0.710. The molecule has 1 aliphatic heterocycles. The second kappa shape index (κ2) is 4.76. The van der Waals surface area contributed by atoms with E-state index >= 15 is 0 Å². The first-order valence-electron chi connectivity index (χ1n) is 6.68. The normalized spacial score (nSPS) is 28.1. The van der Waals surface area contributed by atoms with Crippen LogP contribution in [0.1, 0.15) is 45.4 Å². The average Bonchev–Trinajstić information content (AvgIpc) is 2.28. The molecule has 2 fully saturated rings. The summed E-state index contributed by atoms with van der Waals surface area (Å²) in [5.74, 6) is -2.82. The number of amides is 1. The average molecular weight is 261 g/mol. The Kier molecular flexibility index (Phi) is 3.63. The van der Waals surface area contributed by atoms with Crippen molar-refractivity contribution in [1.82, 2.24) is 4.90 Å². The highest BCUT2D eigenvalue weighted by atomic mass is 19.3. The fraction of sp³-hybridized carbons (Fsp3) is 0.923. The number of carbonyl (C=O) groups excluding carboxylic acids is 1. The number of piperidine rings is 1. The van der Waals surface area contributed by atoms with Gasteiger partial charge in [-0.25, -0.2) is 8.78 Å². The molecular weight excluding hydrogens is 240 g/mol. The molecule has 1 saturated heterocycles. The number of hydrogen-bond acceptors (Lipinski definition) is 2. The molecule has 0 spiro atoms. The Morgan fingerprint density at radius 1 is 1.17 bits per heavy atom. The summed E-state index contributed by atoms with van der Waals surface area (Å²) in [7, 11) is 0. The molecule has 2 rings (SSSR count). The molecule has 3 nitrogen and oxygen atoms in total. The summed E-state index contributed by atoms with van der Waals surface area (Å²) in [6, 6.07) is 0. The summed E-state index contributed by atoms with van der Waals surface area (Å²) in [6.07, 6.45) is 1.38. The monoisotopic (exact) mass is 261 g/mol. The van der Waals surface area contributed by atoms with Crippen molar-refractivity contribution in [3.8, 4) is 0 Å². The predicted molar refractivity (Wildman–Crippen MR) is 63.3 cm³/mol. The van der Waals surface area contributed by atoms with Gasteiger partial charge in [0.1, 0.15) is 0 Å². The number of hydrogen-bond donors (Lipinski definition) is 1. The Morgan fingerprint density at radius 3 is 2.17 bits per heavy atom. The molecule has 104 valence electrons. The maximum Gasteiger partial charge on any atom is 0.248 e. The minimum atomic E-state index is -2.58. The van der Waals surface area contributed by atoms with Gasteiger partial charge in [0, 0.05) is 31.8 Å². The number of rotatable bonds is 1. The first-order chi connectivity index (χ1) is 8.29. The van der Waals surface area contributed by atoms with Crippen LogP contribution in [0.25, 0.3) is 0 Å². The number of carbonyl (C=O) groups is 1. The first-order valence-corrected chi connectivity index (χ1v) is 6.68. The highest BCUT2D eigenvalue weighted by Gasteiger charge is 2.39. The van der Waals surface area contributed by atoms with Crippen molar-refractivity contribution in [2.45, 2.75) is 57.0 Å². The standard InChI is InChI=1S/C13H21F2NO2/c1-12(18)6-8-16(9-7-12)11(17)10-2-4-13(14,15)5-3-10/h10,18H,2-9H2,1H3. The van der Waals surface area contributed by atoms with E-state index in [0.29, 0.717) is 38.8 Å². The Bertz CT molecular complexity index is 281. The molecule has 18 heavy (non-hydrogen) atoms. The number of alkyl halides is 2. The lowest BCUT2D eigenvalue weighted by atomic mass is 9.85. The number of nitrogens with zero attached hydrogens (tertiary/aromatic N) is 1. The summed E-state index contributed by atoms with van der Waals surface area (Å²) in [4.78, 5) is 13.9. The van der Waals surface area contributed by atoms with Crippen molar-refractivity contribution in [3.63, 3.8) is 0 Å². The van der Waals surface area contributed by atoms with Gasteiger partial charge in [-0.3, -0.25) is 4.79 Å². The van der Waals surface area contributed by atoms with E-state index in [1.807, 2.05) is 0 Å². The summed E-state index contributed by atoms with van der Waals surface area (Å²) in [6.45, 7) is 2.85. The van der Waals surface area contributed by atoms with E-state index in [4.69, 9.17) is 0 Å². The van der Waals surface area contributed by atoms with Crippen LogP contribution in [0.5, 0.6) is 0 Å². The predicted octanol–water partition coefficient (Wildman–Crippen LogP) is 2.19. The van der Waals surface area contributed by atoms with Gasteiger partial charge in [0.25, 0.3) is 0 Å². The molecule has 1 saturated carbocycles. The van der Waals surface area contributed by atoms with Gasteiger partial charge in [0.2, 0.25) is 11.8 Å². The van der Waals surface area contributed by atoms with E-state index in [9.17, 15) is 18.7 Å².